The Kier molecular flexibility index (Phi) is 6.85. The largest absolute Gasteiger partial charge is 0.339 e. The molecular formula is C30H27FN4O. The molecule has 0 radical (unpaired) electrons. The van der Waals surface area contributed by atoms with Crippen molar-refractivity contribution in [1.29, 1.82) is 0 Å². The van der Waals surface area contributed by atoms with Crippen LogP contribution in [0.5, 0.6) is 0 Å². The molecule has 0 saturated heterocycles. The molecule has 5 rings (SSSR count). The summed E-state index contributed by atoms with van der Waals surface area (Å²) in [5.74, 6) is 0.229. The van der Waals surface area contributed by atoms with Gasteiger partial charge in [0.2, 0.25) is 0 Å². The number of H-pyrrole nitrogens is 1. The summed E-state index contributed by atoms with van der Waals surface area (Å²) in [6.07, 6.45) is 3.71. The lowest BCUT2D eigenvalue weighted by atomic mass is 9.98. The molecule has 1 amide bonds. The van der Waals surface area contributed by atoms with E-state index in [-0.39, 0.29) is 18.3 Å². The Balaban J connectivity index is 1.52. The molecule has 6 heteroatoms. The average Bonchev–Trinajstić information content (AvgIpc) is 3.33. The van der Waals surface area contributed by atoms with Crippen LogP contribution in [0.25, 0.3) is 22.3 Å². The number of nitrogens with zero attached hydrogens (tertiary/aromatic N) is 3. The zero-order valence-corrected chi connectivity index (χ0v) is 20.1. The van der Waals surface area contributed by atoms with Crippen LogP contribution >= 0.6 is 0 Å². The summed E-state index contributed by atoms with van der Waals surface area (Å²) in [4.78, 5) is 28.2. The predicted octanol–water partition coefficient (Wildman–Crippen LogP) is 6.56. The van der Waals surface area contributed by atoms with Gasteiger partial charge in [-0.25, -0.2) is 14.4 Å². The third-order valence-corrected chi connectivity index (χ3v) is 6.20. The molecule has 0 saturated carbocycles. The monoisotopic (exact) mass is 478 g/mol. The van der Waals surface area contributed by atoms with Gasteiger partial charge in [0.1, 0.15) is 11.6 Å². The van der Waals surface area contributed by atoms with Gasteiger partial charge in [0.15, 0.2) is 5.65 Å². The minimum Gasteiger partial charge on any atom is -0.339 e. The zero-order chi connectivity index (χ0) is 24.9. The van der Waals surface area contributed by atoms with Gasteiger partial charge >= 0.3 is 0 Å². The van der Waals surface area contributed by atoms with Crippen molar-refractivity contribution in [2.75, 3.05) is 0 Å². The number of hydrogen-bond donors (Lipinski definition) is 1. The number of aromatic amines is 1. The highest BCUT2D eigenvalue weighted by Gasteiger charge is 2.22. The third-order valence-electron chi connectivity index (χ3n) is 6.20. The van der Waals surface area contributed by atoms with Gasteiger partial charge in [-0.2, -0.15) is 0 Å². The second-order valence-corrected chi connectivity index (χ2v) is 8.80. The van der Waals surface area contributed by atoms with E-state index in [1.54, 1.807) is 23.2 Å². The van der Waals surface area contributed by atoms with Crippen molar-refractivity contribution in [1.82, 2.24) is 19.9 Å². The predicted molar refractivity (Wildman–Crippen MR) is 140 cm³/mol. The molecule has 0 atom stereocenters. The lowest BCUT2D eigenvalue weighted by molar-refractivity contribution is 0.0726. The standard InChI is InChI=1S/C30H27FN4O/c1-2-8-23-17-18-32-29-28(23)33-27(34-29)20-35(19-21-13-15-24(31)16-14-21)30(36)26-12-7-6-11-25(26)22-9-4-3-5-10-22/h3-7,9-18H,2,8,19-20H2,1H3,(H,32,33,34). The molecule has 0 aliphatic rings. The van der Waals surface area contributed by atoms with Crippen molar-refractivity contribution in [3.63, 3.8) is 0 Å². The van der Waals surface area contributed by atoms with Crippen molar-refractivity contribution in [3.8, 4) is 11.1 Å². The van der Waals surface area contributed by atoms with Crippen LogP contribution in [-0.2, 0) is 19.5 Å². The molecule has 0 aliphatic carbocycles. The van der Waals surface area contributed by atoms with Crippen molar-refractivity contribution in [3.05, 3.63) is 119 Å². The average molecular weight is 479 g/mol. The SMILES string of the molecule is CCCc1ccnc2nc(CN(Cc3ccc(F)cc3)C(=O)c3ccccc3-c3ccccc3)[nH]c12. The number of pyridine rings is 1. The first-order chi connectivity index (χ1) is 17.6. The number of rotatable bonds is 8. The van der Waals surface area contributed by atoms with E-state index in [0.29, 0.717) is 23.6 Å². The first-order valence-electron chi connectivity index (χ1n) is 12.1. The van der Waals surface area contributed by atoms with Gasteiger partial charge < -0.3 is 9.88 Å². The van der Waals surface area contributed by atoms with E-state index < -0.39 is 0 Å². The highest BCUT2D eigenvalue weighted by atomic mass is 19.1. The summed E-state index contributed by atoms with van der Waals surface area (Å²) in [5.41, 5.74) is 5.99. The summed E-state index contributed by atoms with van der Waals surface area (Å²) >= 11 is 0. The Morgan fingerprint density at radius 1 is 0.917 bits per heavy atom. The number of halogens is 1. The molecule has 0 unspecified atom stereocenters. The highest BCUT2D eigenvalue weighted by Crippen LogP contribution is 2.26. The molecule has 2 aromatic heterocycles. The Labute approximate surface area is 209 Å². The van der Waals surface area contributed by atoms with Crippen LogP contribution < -0.4 is 0 Å². The van der Waals surface area contributed by atoms with E-state index in [1.807, 2.05) is 60.7 Å². The van der Waals surface area contributed by atoms with Crippen molar-refractivity contribution >= 4 is 17.1 Å². The summed E-state index contributed by atoms with van der Waals surface area (Å²) < 4.78 is 13.6. The molecule has 0 spiro atoms. The molecular weight excluding hydrogens is 451 g/mol. The van der Waals surface area contributed by atoms with E-state index in [0.717, 1.165) is 40.6 Å². The van der Waals surface area contributed by atoms with Crippen LogP contribution in [0, 0.1) is 5.82 Å². The molecule has 5 aromatic rings. The fraction of sp³-hybridized carbons (Fsp3) is 0.167. The molecule has 5 nitrogen and oxygen atoms in total. The number of imidazole rings is 1. The van der Waals surface area contributed by atoms with Gasteiger partial charge in [0, 0.05) is 18.3 Å². The first kappa shape index (κ1) is 23.4. The normalized spacial score (nSPS) is 11.1. The van der Waals surface area contributed by atoms with Crippen molar-refractivity contribution < 1.29 is 9.18 Å². The second-order valence-electron chi connectivity index (χ2n) is 8.80. The minimum atomic E-state index is -0.308. The number of nitrogens with one attached hydrogen (secondary N) is 1. The number of hydrogen-bond acceptors (Lipinski definition) is 3. The minimum absolute atomic E-state index is 0.124. The van der Waals surface area contributed by atoms with Crippen molar-refractivity contribution in [2.24, 2.45) is 0 Å². The molecule has 180 valence electrons. The van der Waals surface area contributed by atoms with Gasteiger partial charge in [-0.15, -0.1) is 0 Å². The Bertz CT molecular complexity index is 1480. The van der Waals surface area contributed by atoms with Gasteiger partial charge in [0.25, 0.3) is 5.91 Å². The van der Waals surface area contributed by atoms with Gasteiger partial charge in [-0.3, -0.25) is 4.79 Å². The van der Waals surface area contributed by atoms with E-state index in [9.17, 15) is 9.18 Å². The number of fused-ring (bicyclic) bond motifs is 1. The summed E-state index contributed by atoms with van der Waals surface area (Å²) in [5, 5.41) is 0. The molecule has 2 heterocycles. The summed E-state index contributed by atoms with van der Waals surface area (Å²) in [6, 6.07) is 25.7. The maximum absolute atomic E-state index is 14.0. The van der Waals surface area contributed by atoms with Crippen molar-refractivity contribution in [2.45, 2.75) is 32.9 Å². The Hall–Kier alpha value is -4.32. The van der Waals surface area contributed by atoms with E-state index >= 15 is 0 Å². The van der Waals surface area contributed by atoms with Crippen LogP contribution in [0.2, 0.25) is 0 Å². The van der Waals surface area contributed by atoms with Crippen LogP contribution in [0.15, 0.2) is 91.1 Å². The zero-order valence-electron chi connectivity index (χ0n) is 20.1. The highest BCUT2D eigenvalue weighted by molar-refractivity contribution is 6.00. The fourth-order valence-electron chi connectivity index (χ4n) is 4.46. The maximum atomic E-state index is 14.0. The summed E-state index contributed by atoms with van der Waals surface area (Å²) in [6.45, 7) is 2.71. The van der Waals surface area contributed by atoms with Crippen LogP contribution in [0.3, 0.4) is 0 Å². The lowest BCUT2D eigenvalue weighted by Crippen LogP contribution is -2.31. The number of benzene rings is 3. The van der Waals surface area contributed by atoms with E-state index in [1.165, 1.54) is 12.1 Å². The lowest BCUT2D eigenvalue weighted by Gasteiger charge is -2.23. The number of aryl methyl sites for hydroxylation is 1. The molecule has 0 fully saturated rings. The van der Waals surface area contributed by atoms with E-state index in [4.69, 9.17) is 0 Å². The van der Waals surface area contributed by atoms with E-state index in [2.05, 4.69) is 21.9 Å². The quantitative estimate of drug-likeness (QED) is 0.275. The van der Waals surface area contributed by atoms with Gasteiger partial charge in [0.05, 0.1) is 12.1 Å². The number of aromatic nitrogens is 3. The number of carbonyl (C=O) groups excluding carboxylic acids is 1. The third kappa shape index (κ3) is 5.03. The topological polar surface area (TPSA) is 61.9 Å². The van der Waals surface area contributed by atoms with Gasteiger partial charge in [-0.1, -0.05) is 74.0 Å². The Morgan fingerprint density at radius 2 is 1.67 bits per heavy atom. The fourth-order valence-corrected chi connectivity index (χ4v) is 4.46. The second kappa shape index (κ2) is 10.5. The van der Waals surface area contributed by atoms with Crippen LogP contribution in [-0.4, -0.2) is 25.8 Å². The Morgan fingerprint density at radius 3 is 2.44 bits per heavy atom. The first-order valence-corrected chi connectivity index (χ1v) is 12.1. The molecule has 0 bridgehead atoms. The van der Waals surface area contributed by atoms with Crippen LogP contribution in [0.1, 0.15) is 40.7 Å². The summed E-state index contributed by atoms with van der Waals surface area (Å²) in [7, 11) is 0. The van der Waals surface area contributed by atoms with Crippen LogP contribution in [0.4, 0.5) is 4.39 Å². The smallest absolute Gasteiger partial charge is 0.255 e. The number of carbonyl (C=O) groups is 1. The van der Waals surface area contributed by atoms with Gasteiger partial charge in [-0.05, 0) is 52.9 Å². The molecule has 36 heavy (non-hydrogen) atoms. The molecule has 0 aliphatic heterocycles. The maximum Gasteiger partial charge on any atom is 0.255 e. The number of amides is 1. The molecule has 1 N–H and O–H groups in total. The molecule has 3 aromatic carbocycles.